The Balaban J connectivity index is 1.44. The number of benzene rings is 1. The number of nitrogens with one attached hydrogen (secondary N) is 1. The molecule has 0 bridgehead atoms. The summed E-state index contributed by atoms with van der Waals surface area (Å²) < 4.78 is 1.94. The van der Waals surface area contributed by atoms with E-state index in [-0.39, 0.29) is 24.4 Å². The van der Waals surface area contributed by atoms with Gasteiger partial charge >= 0.3 is 0 Å². The molecular weight excluding hydrogens is 422 g/mol. The van der Waals surface area contributed by atoms with E-state index in [1.165, 1.54) is 11.3 Å². The predicted octanol–water partition coefficient (Wildman–Crippen LogP) is 2.79. The number of aryl methyl sites for hydroxylation is 1. The fraction of sp³-hybridized carbons (Fsp3) is 0.381. The number of carbonyl (C=O) groups is 2. The maximum Gasteiger partial charge on any atom is 0.261 e. The Kier molecular flexibility index (Phi) is 6.08. The van der Waals surface area contributed by atoms with Crippen LogP contribution in [0.1, 0.15) is 33.8 Å². The number of amides is 2. The van der Waals surface area contributed by atoms with Crippen molar-refractivity contribution in [3.8, 4) is 0 Å². The Morgan fingerprint density at radius 2 is 1.97 bits per heavy atom. The van der Waals surface area contributed by atoms with Gasteiger partial charge in [-0.2, -0.15) is 5.10 Å². The van der Waals surface area contributed by atoms with E-state index in [9.17, 15) is 9.59 Å². The lowest BCUT2D eigenvalue weighted by Crippen LogP contribution is -2.46. The van der Waals surface area contributed by atoms with E-state index >= 15 is 0 Å². The van der Waals surface area contributed by atoms with E-state index in [2.05, 4.69) is 10.4 Å². The van der Waals surface area contributed by atoms with Crippen LogP contribution in [0.3, 0.4) is 0 Å². The van der Waals surface area contributed by atoms with Gasteiger partial charge in [-0.3, -0.25) is 19.2 Å². The second-order valence-corrected chi connectivity index (χ2v) is 9.16. The van der Waals surface area contributed by atoms with Gasteiger partial charge in [0.05, 0.1) is 23.7 Å². The molecular formula is C21H24ClN5O2S. The Morgan fingerprint density at radius 1 is 1.27 bits per heavy atom. The topological polar surface area (TPSA) is 93.2 Å². The molecule has 0 unspecified atom stereocenters. The summed E-state index contributed by atoms with van der Waals surface area (Å²) in [5.41, 5.74) is 7.27. The number of likely N-dealkylation sites (tertiary alicyclic amines) is 1. The molecule has 1 saturated heterocycles. The van der Waals surface area contributed by atoms with Crippen LogP contribution in [0, 0.1) is 6.92 Å². The number of primary amides is 1. The molecule has 0 aliphatic carbocycles. The highest BCUT2D eigenvalue weighted by atomic mass is 35.5. The van der Waals surface area contributed by atoms with Crippen molar-refractivity contribution >= 4 is 45.0 Å². The van der Waals surface area contributed by atoms with Crippen LogP contribution in [0.4, 0.5) is 0 Å². The number of aromatic nitrogens is 2. The van der Waals surface area contributed by atoms with Crippen LogP contribution < -0.4 is 11.1 Å². The largest absolute Gasteiger partial charge is 0.369 e. The highest BCUT2D eigenvalue weighted by molar-refractivity contribution is 7.20. The van der Waals surface area contributed by atoms with Crippen molar-refractivity contribution in [1.29, 1.82) is 0 Å². The first kappa shape index (κ1) is 20.8. The molecule has 2 aromatic heterocycles. The molecule has 3 heterocycles. The molecule has 30 heavy (non-hydrogen) atoms. The van der Waals surface area contributed by atoms with Gasteiger partial charge in [0.1, 0.15) is 4.83 Å². The number of nitrogens with zero attached hydrogens (tertiary/aromatic N) is 3. The number of hydrogen-bond donors (Lipinski definition) is 2. The van der Waals surface area contributed by atoms with Crippen LogP contribution >= 0.6 is 22.9 Å². The van der Waals surface area contributed by atoms with Crippen LogP contribution in [-0.4, -0.2) is 52.2 Å². The molecule has 0 radical (unpaired) electrons. The molecule has 3 N–H and O–H groups in total. The van der Waals surface area contributed by atoms with Gasteiger partial charge in [-0.25, -0.2) is 0 Å². The number of piperidine rings is 1. The molecule has 9 heteroatoms. The maximum atomic E-state index is 12.8. The molecule has 1 aliphatic rings. The highest BCUT2D eigenvalue weighted by Gasteiger charge is 2.23. The molecule has 1 aromatic carbocycles. The number of halogens is 1. The normalized spacial score (nSPS) is 15.5. The van der Waals surface area contributed by atoms with Crippen LogP contribution in [0.2, 0.25) is 5.02 Å². The molecule has 0 atom stereocenters. The summed E-state index contributed by atoms with van der Waals surface area (Å²) in [4.78, 5) is 27.6. The Labute approximate surface area is 183 Å². The summed E-state index contributed by atoms with van der Waals surface area (Å²) in [6, 6.07) is 9.74. The van der Waals surface area contributed by atoms with Crippen LogP contribution in [-0.2, 0) is 11.3 Å². The number of thiophene rings is 1. The monoisotopic (exact) mass is 445 g/mol. The minimum absolute atomic E-state index is 0.0537. The first-order valence-electron chi connectivity index (χ1n) is 9.92. The third-order valence-electron chi connectivity index (χ3n) is 5.38. The average Bonchev–Trinajstić information content (AvgIpc) is 3.26. The quantitative estimate of drug-likeness (QED) is 0.610. The fourth-order valence-electron chi connectivity index (χ4n) is 3.81. The Hall–Kier alpha value is -2.42. The summed E-state index contributed by atoms with van der Waals surface area (Å²) in [6.45, 7) is 4.39. The SMILES string of the molecule is Cc1nn(Cc2ccc(Cl)cc2)c2sc(C(=O)NC3CCN(CC(N)=O)CC3)cc12. The zero-order chi connectivity index (χ0) is 21.3. The number of rotatable bonds is 6. The summed E-state index contributed by atoms with van der Waals surface area (Å²) >= 11 is 7.44. The lowest BCUT2D eigenvalue weighted by molar-refractivity contribution is -0.119. The second-order valence-electron chi connectivity index (χ2n) is 7.69. The van der Waals surface area contributed by atoms with Crippen molar-refractivity contribution in [2.75, 3.05) is 19.6 Å². The first-order chi connectivity index (χ1) is 14.4. The third-order valence-corrected chi connectivity index (χ3v) is 6.78. The van der Waals surface area contributed by atoms with Crippen molar-refractivity contribution in [1.82, 2.24) is 20.0 Å². The van der Waals surface area contributed by atoms with E-state index in [0.717, 1.165) is 47.4 Å². The zero-order valence-corrected chi connectivity index (χ0v) is 18.3. The van der Waals surface area contributed by atoms with Gasteiger partial charge in [-0.15, -0.1) is 11.3 Å². The van der Waals surface area contributed by atoms with Gasteiger partial charge < -0.3 is 11.1 Å². The molecule has 4 rings (SSSR count). The predicted molar refractivity (Wildman–Crippen MR) is 119 cm³/mol. The van der Waals surface area contributed by atoms with E-state index in [1.807, 2.05) is 46.8 Å². The summed E-state index contributed by atoms with van der Waals surface area (Å²) in [6.07, 6.45) is 1.63. The Morgan fingerprint density at radius 3 is 2.63 bits per heavy atom. The number of carbonyl (C=O) groups excluding carboxylic acids is 2. The first-order valence-corrected chi connectivity index (χ1v) is 11.1. The van der Waals surface area contributed by atoms with Crippen LogP contribution in [0.5, 0.6) is 0 Å². The minimum Gasteiger partial charge on any atom is -0.369 e. The van der Waals surface area contributed by atoms with Crippen LogP contribution in [0.25, 0.3) is 10.2 Å². The Bertz CT molecular complexity index is 1070. The summed E-state index contributed by atoms with van der Waals surface area (Å²) in [5, 5.41) is 9.49. The lowest BCUT2D eigenvalue weighted by Gasteiger charge is -2.31. The lowest BCUT2D eigenvalue weighted by atomic mass is 10.0. The minimum atomic E-state index is -0.314. The van der Waals surface area contributed by atoms with E-state index in [0.29, 0.717) is 16.4 Å². The van der Waals surface area contributed by atoms with Crippen molar-refractivity contribution in [3.05, 3.63) is 51.5 Å². The molecule has 3 aromatic rings. The molecule has 0 spiro atoms. The summed E-state index contributed by atoms with van der Waals surface area (Å²) in [5.74, 6) is -0.368. The standard InChI is InChI=1S/C21H24ClN5O2S/c1-13-17-10-18(20(29)24-16-6-8-26(9-7-16)12-19(23)28)30-21(17)27(25-13)11-14-2-4-15(22)5-3-14/h2-5,10,16H,6-9,11-12H2,1H3,(H2,23,28)(H,24,29). The van der Waals surface area contributed by atoms with Crippen molar-refractivity contribution < 1.29 is 9.59 Å². The van der Waals surface area contributed by atoms with Gasteiger partial charge in [0.2, 0.25) is 5.91 Å². The molecule has 0 saturated carbocycles. The van der Waals surface area contributed by atoms with E-state index in [1.54, 1.807) is 0 Å². The van der Waals surface area contributed by atoms with Crippen molar-refractivity contribution in [3.63, 3.8) is 0 Å². The van der Waals surface area contributed by atoms with E-state index in [4.69, 9.17) is 17.3 Å². The molecule has 158 valence electrons. The van der Waals surface area contributed by atoms with Gasteiger partial charge in [0, 0.05) is 29.5 Å². The van der Waals surface area contributed by atoms with Gasteiger partial charge in [0.25, 0.3) is 5.91 Å². The zero-order valence-electron chi connectivity index (χ0n) is 16.7. The molecule has 1 fully saturated rings. The second kappa shape index (κ2) is 8.75. The molecule has 7 nitrogen and oxygen atoms in total. The smallest absolute Gasteiger partial charge is 0.261 e. The van der Waals surface area contributed by atoms with Gasteiger partial charge in [0.15, 0.2) is 0 Å². The van der Waals surface area contributed by atoms with Gasteiger partial charge in [-0.05, 0) is 43.5 Å². The molecule has 2 amide bonds. The average molecular weight is 446 g/mol. The maximum absolute atomic E-state index is 12.8. The van der Waals surface area contributed by atoms with Crippen molar-refractivity contribution in [2.24, 2.45) is 5.73 Å². The number of nitrogens with two attached hydrogens (primary N) is 1. The number of fused-ring (bicyclic) bond motifs is 1. The third kappa shape index (κ3) is 4.66. The van der Waals surface area contributed by atoms with Gasteiger partial charge in [-0.1, -0.05) is 23.7 Å². The fourth-order valence-corrected chi connectivity index (χ4v) is 5.00. The highest BCUT2D eigenvalue weighted by Crippen LogP contribution is 2.29. The van der Waals surface area contributed by atoms with Crippen LogP contribution in [0.15, 0.2) is 30.3 Å². The summed E-state index contributed by atoms with van der Waals surface area (Å²) in [7, 11) is 0. The van der Waals surface area contributed by atoms with Crippen molar-refractivity contribution in [2.45, 2.75) is 32.4 Å². The van der Waals surface area contributed by atoms with E-state index < -0.39 is 0 Å². The molecule has 1 aliphatic heterocycles. The number of hydrogen-bond acceptors (Lipinski definition) is 5.